The van der Waals surface area contributed by atoms with Gasteiger partial charge in [-0.25, -0.2) is 0 Å². The van der Waals surface area contributed by atoms with Gasteiger partial charge in [-0.3, -0.25) is 0 Å². The van der Waals surface area contributed by atoms with Crippen LogP contribution >= 0.6 is 0 Å². The third kappa shape index (κ3) is 5.57. The lowest BCUT2D eigenvalue weighted by Gasteiger charge is -2.37. The minimum Gasteiger partial charge on any atom is -0.489 e. The number of hydrogen-bond donors (Lipinski definition) is 0. The van der Waals surface area contributed by atoms with Crippen molar-refractivity contribution in [2.24, 2.45) is 5.92 Å². The van der Waals surface area contributed by atoms with Crippen LogP contribution in [-0.2, 0) is 24.6 Å². The quantitative estimate of drug-likeness (QED) is 0.209. The number of fused-ring (bicyclic) bond motifs is 3. The van der Waals surface area contributed by atoms with Crippen molar-refractivity contribution >= 4 is 0 Å². The second kappa shape index (κ2) is 11.4. The first-order chi connectivity index (χ1) is 19.2. The fraction of sp³-hybridized carbons (Fsp3) is 0.257. The zero-order chi connectivity index (χ0) is 26.6. The highest BCUT2D eigenvalue weighted by molar-refractivity contribution is 5.52. The van der Waals surface area contributed by atoms with Gasteiger partial charge >= 0.3 is 0 Å². The number of rotatable bonds is 9. The van der Waals surface area contributed by atoms with Gasteiger partial charge in [-0.05, 0) is 59.7 Å². The van der Waals surface area contributed by atoms with Crippen LogP contribution in [0.2, 0.25) is 0 Å². The van der Waals surface area contributed by atoms with Gasteiger partial charge in [-0.1, -0.05) is 84.9 Å². The van der Waals surface area contributed by atoms with Crippen LogP contribution in [0.3, 0.4) is 0 Å². The molecule has 0 spiro atoms. The second-order valence-corrected chi connectivity index (χ2v) is 10.5. The van der Waals surface area contributed by atoms with Crippen LogP contribution in [-0.4, -0.2) is 7.11 Å². The highest BCUT2D eigenvalue weighted by atomic mass is 16.5. The van der Waals surface area contributed by atoms with Crippen molar-refractivity contribution < 1.29 is 18.9 Å². The van der Waals surface area contributed by atoms with E-state index in [9.17, 15) is 0 Å². The molecule has 3 atom stereocenters. The Balaban J connectivity index is 1.26. The minimum atomic E-state index is -0.0587. The summed E-state index contributed by atoms with van der Waals surface area (Å²) in [5, 5.41) is 0. The van der Waals surface area contributed by atoms with Crippen molar-refractivity contribution in [2.75, 3.05) is 7.11 Å². The average molecular weight is 519 g/mol. The summed E-state index contributed by atoms with van der Waals surface area (Å²) in [6.07, 6.45) is 1.86. The molecule has 1 saturated carbocycles. The second-order valence-electron chi connectivity index (χ2n) is 10.5. The van der Waals surface area contributed by atoms with Gasteiger partial charge in [0.1, 0.15) is 36.6 Å². The first kappa shape index (κ1) is 25.3. The first-order valence-electron chi connectivity index (χ1n) is 13.6. The van der Waals surface area contributed by atoms with E-state index in [1.807, 2.05) is 48.5 Å². The van der Waals surface area contributed by atoms with Crippen LogP contribution in [0.5, 0.6) is 17.2 Å². The Hall–Kier alpha value is -4.02. The van der Waals surface area contributed by atoms with Crippen molar-refractivity contribution in [3.05, 3.63) is 137 Å². The molecule has 0 N–H and O–H groups in total. The molecule has 1 heterocycles. The molecule has 1 fully saturated rings. The summed E-state index contributed by atoms with van der Waals surface area (Å²) in [7, 11) is 1.72. The van der Waals surface area contributed by atoms with E-state index in [0.717, 1.165) is 52.3 Å². The molecular formula is C35H34O4. The molecule has 4 heteroatoms. The molecule has 0 amide bonds. The molecule has 4 aromatic rings. The Morgan fingerprint density at radius 3 is 2.03 bits per heavy atom. The summed E-state index contributed by atoms with van der Waals surface area (Å²) in [5.74, 6) is 3.28. The molecule has 0 radical (unpaired) electrons. The SMILES string of the molecule is C=C1C[C@H]2[C@@H](C1)c1cc(OCc3ccccc3)cc(COC)c1O[C@H]2c1ccc(OCc2ccccc2)cc1. The summed E-state index contributed by atoms with van der Waals surface area (Å²) in [6, 6.07) is 33.1. The van der Waals surface area contributed by atoms with Crippen LogP contribution in [0.25, 0.3) is 0 Å². The average Bonchev–Trinajstić information content (AvgIpc) is 3.38. The summed E-state index contributed by atoms with van der Waals surface area (Å²) in [5.41, 5.74) is 6.95. The molecule has 0 unspecified atom stereocenters. The molecule has 39 heavy (non-hydrogen) atoms. The van der Waals surface area contributed by atoms with E-state index < -0.39 is 0 Å². The lowest BCUT2D eigenvalue weighted by molar-refractivity contribution is 0.0977. The van der Waals surface area contributed by atoms with Gasteiger partial charge < -0.3 is 18.9 Å². The van der Waals surface area contributed by atoms with Crippen molar-refractivity contribution in [3.8, 4) is 17.2 Å². The molecule has 6 rings (SSSR count). The number of benzene rings is 4. The zero-order valence-electron chi connectivity index (χ0n) is 22.3. The molecule has 2 aliphatic rings. The molecule has 0 aromatic heterocycles. The fourth-order valence-electron chi connectivity index (χ4n) is 5.89. The molecule has 4 aromatic carbocycles. The fourth-order valence-corrected chi connectivity index (χ4v) is 5.89. The van der Waals surface area contributed by atoms with E-state index in [1.165, 1.54) is 11.1 Å². The Morgan fingerprint density at radius 1 is 0.744 bits per heavy atom. The van der Waals surface area contributed by atoms with Gasteiger partial charge in [0.15, 0.2) is 0 Å². The Morgan fingerprint density at radius 2 is 1.38 bits per heavy atom. The van der Waals surface area contributed by atoms with E-state index in [2.05, 4.69) is 55.1 Å². The van der Waals surface area contributed by atoms with Crippen LogP contribution in [0.4, 0.5) is 0 Å². The molecular weight excluding hydrogens is 484 g/mol. The minimum absolute atomic E-state index is 0.0587. The lowest BCUT2D eigenvalue weighted by atomic mass is 9.79. The maximum Gasteiger partial charge on any atom is 0.129 e. The number of allylic oxidation sites excluding steroid dienone is 1. The van der Waals surface area contributed by atoms with Crippen LogP contribution in [0.15, 0.2) is 109 Å². The van der Waals surface area contributed by atoms with E-state index >= 15 is 0 Å². The van der Waals surface area contributed by atoms with Crippen molar-refractivity contribution in [1.82, 2.24) is 0 Å². The lowest BCUT2D eigenvalue weighted by Crippen LogP contribution is -2.27. The van der Waals surface area contributed by atoms with Crippen LogP contribution < -0.4 is 14.2 Å². The maximum absolute atomic E-state index is 6.83. The molecule has 0 bridgehead atoms. The third-order valence-electron chi connectivity index (χ3n) is 7.76. The van der Waals surface area contributed by atoms with Crippen LogP contribution in [0.1, 0.15) is 52.7 Å². The van der Waals surface area contributed by atoms with Crippen molar-refractivity contribution in [3.63, 3.8) is 0 Å². The largest absolute Gasteiger partial charge is 0.489 e. The van der Waals surface area contributed by atoms with E-state index in [0.29, 0.717) is 31.7 Å². The van der Waals surface area contributed by atoms with E-state index in [1.54, 1.807) is 7.11 Å². The highest BCUT2D eigenvalue weighted by Gasteiger charge is 2.44. The summed E-state index contributed by atoms with van der Waals surface area (Å²) >= 11 is 0. The molecule has 1 aliphatic heterocycles. The van der Waals surface area contributed by atoms with Gasteiger partial charge in [-0.2, -0.15) is 0 Å². The number of hydrogen-bond acceptors (Lipinski definition) is 4. The van der Waals surface area contributed by atoms with Crippen molar-refractivity contribution in [2.45, 2.75) is 44.7 Å². The Labute approximate surface area is 230 Å². The molecule has 4 nitrogen and oxygen atoms in total. The zero-order valence-corrected chi connectivity index (χ0v) is 22.3. The number of ether oxygens (including phenoxy) is 4. The van der Waals surface area contributed by atoms with Gasteiger partial charge in [0.25, 0.3) is 0 Å². The standard InChI is InChI=1S/C35H34O4/c1-24-17-31-32(18-24)34(27-13-15-29(16-14-27)37-21-25-9-5-3-6-10-25)39-35-28(23-36-2)19-30(20-33(31)35)38-22-26-11-7-4-8-12-26/h3-16,19-20,31-32,34H,1,17-18,21-23H2,2H3/t31-,32+,34+/m1/s1. The third-order valence-corrected chi connectivity index (χ3v) is 7.76. The smallest absolute Gasteiger partial charge is 0.129 e. The molecule has 1 aliphatic carbocycles. The predicted octanol–water partition coefficient (Wildman–Crippen LogP) is 8.17. The van der Waals surface area contributed by atoms with E-state index in [4.69, 9.17) is 18.9 Å². The monoisotopic (exact) mass is 518 g/mol. The normalized spacial score (nSPS) is 19.6. The van der Waals surface area contributed by atoms with Gasteiger partial charge in [0, 0.05) is 24.2 Å². The molecule has 198 valence electrons. The number of methoxy groups -OCH3 is 1. The topological polar surface area (TPSA) is 36.9 Å². The Kier molecular flexibility index (Phi) is 7.38. The maximum atomic E-state index is 6.83. The van der Waals surface area contributed by atoms with Gasteiger partial charge in [0.05, 0.1) is 6.61 Å². The predicted molar refractivity (Wildman–Crippen MR) is 153 cm³/mol. The molecule has 0 saturated heterocycles. The highest BCUT2D eigenvalue weighted by Crippen LogP contribution is 2.56. The van der Waals surface area contributed by atoms with Gasteiger partial charge in [-0.15, -0.1) is 0 Å². The summed E-state index contributed by atoms with van der Waals surface area (Å²) in [4.78, 5) is 0. The summed E-state index contributed by atoms with van der Waals surface area (Å²) < 4.78 is 24.7. The van der Waals surface area contributed by atoms with E-state index in [-0.39, 0.29) is 6.10 Å². The van der Waals surface area contributed by atoms with Crippen LogP contribution in [0, 0.1) is 5.92 Å². The Bertz CT molecular complexity index is 1410. The van der Waals surface area contributed by atoms with Gasteiger partial charge in [0.2, 0.25) is 0 Å². The first-order valence-corrected chi connectivity index (χ1v) is 13.6. The summed E-state index contributed by atoms with van der Waals surface area (Å²) in [6.45, 7) is 5.90. The van der Waals surface area contributed by atoms with Crippen molar-refractivity contribution in [1.29, 1.82) is 0 Å².